The van der Waals surface area contributed by atoms with E-state index in [4.69, 9.17) is 14.2 Å². The molecule has 0 spiro atoms. The zero-order valence-corrected chi connectivity index (χ0v) is 18.6. The molecule has 0 saturated carbocycles. The van der Waals surface area contributed by atoms with Crippen LogP contribution in [0.3, 0.4) is 0 Å². The van der Waals surface area contributed by atoms with Crippen molar-refractivity contribution in [3.05, 3.63) is 39.8 Å². The lowest BCUT2D eigenvalue weighted by molar-refractivity contribution is -0.885. The molecule has 1 aromatic carbocycles. The van der Waals surface area contributed by atoms with Crippen LogP contribution >= 0.6 is 11.3 Å². The molecule has 0 aliphatic carbocycles. The highest BCUT2D eigenvalue weighted by Gasteiger charge is 2.23. The van der Waals surface area contributed by atoms with Gasteiger partial charge < -0.3 is 24.4 Å². The van der Waals surface area contributed by atoms with Crippen LogP contribution in [0.2, 0.25) is 0 Å². The largest absolute Gasteiger partial charge is 0.493 e. The van der Waals surface area contributed by atoms with E-state index < -0.39 is 5.97 Å². The van der Waals surface area contributed by atoms with Crippen molar-refractivity contribution >= 4 is 28.2 Å². The monoisotopic (exact) mass is 421 g/mol. The predicted molar refractivity (Wildman–Crippen MR) is 113 cm³/mol. The number of carbonyl (C=O) groups is 2. The maximum atomic E-state index is 12.6. The van der Waals surface area contributed by atoms with Crippen molar-refractivity contribution in [1.29, 1.82) is 0 Å². The number of hydrogen-bond acceptors (Lipinski definition) is 6. The molecule has 1 amide bonds. The van der Waals surface area contributed by atoms with Crippen LogP contribution < -0.4 is 19.7 Å². The van der Waals surface area contributed by atoms with Crippen LogP contribution in [0.25, 0.3) is 0 Å². The molecular weight excluding hydrogens is 392 g/mol. The minimum Gasteiger partial charge on any atom is -0.493 e. The standard InChI is InChI=1S/C21H28N2O5S/c1-7-28-21(25)18-13(2)14(3)29-20(18)22-17(24)12-23(4)11-15-9-8-10-16(26-5)19(15)27-6/h8-10H,7,11-12H2,1-6H3,(H,22,24)/p+1. The van der Waals surface area contributed by atoms with Crippen LogP contribution in [-0.2, 0) is 16.1 Å². The Morgan fingerprint density at radius 1 is 1.17 bits per heavy atom. The number of benzene rings is 1. The lowest BCUT2D eigenvalue weighted by Gasteiger charge is -2.17. The summed E-state index contributed by atoms with van der Waals surface area (Å²) in [4.78, 5) is 26.8. The zero-order chi connectivity index (χ0) is 21.6. The summed E-state index contributed by atoms with van der Waals surface area (Å²) in [6.45, 7) is 6.65. The fraction of sp³-hybridized carbons (Fsp3) is 0.429. The fourth-order valence-corrected chi connectivity index (χ4v) is 4.15. The van der Waals surface area contributed by atoms with Gasteiger partial charge in [0.25, 0.3) is 5.91 Å². The van der Waals surface area contributed by atoms with E-state index in [1.807, 2.05) is 39.1 Å². The van der Waals surface area contributed by atoms with Gasteiger partial charge in [0.15, 0.2) is 18.0 Å². The first kappa shape index (κ1) is 22.7. The summed E-state index contributed by atoms with van der Waals surface area (Å²) in [5, 5.41) is 3.42. The molecule has 0 radical (unpaired) electrons. The van der Waals surface area contributed by atoms with E-state index in [0.29, 0.717) is 28.6 Å². The molecule has 1 unspecified atom stereocenters. The van der Waals surface area contributed by atoms with Gasteiger partial charge in [0, 0.05) is 4.88 Å². The van der Waals surface area contributed by atoms with E-state index in [0.717, 1.165) is 20.9 Å². The number of rotatable bonds is 9. The van der Waals surface area contributed by atoms with Gasteiger partial charge in [-0.15, -0.1) is 11.3 Å². The molecule has 1 aromatic heterocycles. The highest BCUT2D eigenvalue weighted by Crippen LogP contribution is 2.33. The van der Waals surface area contributed by atoms with Gasteiger partial charge in [-0.1, -0.05) is 6.07 Å². The normalized spacial score (nSPS) is 11.7. The molecular formula is C21H29N2O5S+. The number of aryl methyl sites for hydroxylation is 1. The van der Waals surface area contributed by atoms with Gasteiger partial charge in [0.2, 0.25) is 0 Å². The Morgan fingerprint density at radius 2 is 1.90 bits per heavy atom. The average molecular weight is 422 g/mol. The molecule has 29 heavy (non-hydrogen) atoms. The van der Waals surface area contributed by atoms with Crippen LogP contribution in [0.5, 0.6) is 11.5 Å². The third kappa shape index (κ3) is 5.48. The van der Waals surface area contributed by atoms with Crippen LogP contribution in [0.15, 0.2) is 18.2 Å². The number of esters is 1. The minimum atomic E-state index is -0.411. The Kier molecular flexibility index (Phi) is 8.04. The average Bonchev–Trinajstić information content (AvgIpc) is 2.94. The van der Waals surface area contributed by atoms with Crippen molar-refractivity contribution in [2.75, 3.05) is 39.7 Å². The Morgan fingerprint density at radius 3 is 2.52 bits per heavy atom. The molecule has 0 bridgehead atoms. The quantitative estimate of drug-likeness (QED) is 0.607. The topological polar surface area (TPSA) is 78.3 Å². The number of hydrogen-bond donors (Lipinski definition) is 2. The zero-order valence-electron chi connectivity index (χ0n) is 17.8. The number of para-hydroxylation sites is 1. The Balaban J connectivity index is 2.09. The molecule has 2 rings (SSSR count). The van der Waals surface area contributed by atoms with Crippen molar-refractivity contribution in [1.82, 2.24) is 0 Å². The summed E-state index contributed by atoms with van der Waals surface area (Å²) in [6.07, 6.45) is 0. The molecule has 0 aliphatic heterocycles. The second kappa shape index (κ2) is 10.3. The highest BCUT2D eigenvalue weighted by atomic mass is 32.1. The lowest BCUT2D eigenvalue weighted by atomic mass is 10.1. The molecule has 158 valence electrons. The van der Waals surface area contributed by atoms with Gasteiger partial charge >= 0.3 is 5.97 Å². The number of ether oxygens (including phenoxy) is 3. The molecule has 1 heterocycles. The van der Waals surface area contributed by atoms with Gasteiger partial charge in [-0.3, -0.25) is 4.79 Å². The Bertz CT molecular complexity index is 878. The Labute approximate surface area is 175 Å². The number of amides is 1. The number of quaternary nitrogens is 1. The van der Waals surface area contributed by atoms with Gasteiger partial charge in [0.05, 0.1) is 39.0 Å². The second-order valence-corrected chi connectivity index (χ2v) is 7.94. The number of thiophene rings is 1. The number of likely N-dealkylation sites (N-methyl/N-ethyl adjacent to an activating group) is 1. The molecule has 8 heteroatoms. The molecule has 1 atom stereocenters. The first-order chi connectivity index (χ1) is 13.8. The van der Waals surface area contributed by atoms with E-state index in [2.05, 4.69) is 5.32 Å². The molecule has 2 N–H and O–H groups in total. The van der Waals surface area contributed by atoms with Gasteiger partial charge in [-0.05, 0) is 38.5 Å². The van der Waals surface area contributed by atoms with Gasteiger partial charge in [0.1, 0.15) is 11.5 Å². The predicted octanol–water partition coefficient (Wildman–Crippen LogP) is 2.21. The third-order valence-corrected chi connectivity index (χ3v) is 5.68. The molecule has 2 aromatic rings. The van der Waals surface area contributed by atoms with Crippen LogP contribution in [0, 0.1) is 13.8 Å². The van der Waals surface area contributed by atoms with Crippen molar-refractivity contribution in [3.63, 3.8) is 0 Å². The molecule has 0 fully saturated rings. The van der Waals surface area contributed by atoms with E-state index in [1.54, 1.807) is 21.1 Å². The summed E-state index contributed by atoms with van der Waals surface area (Å²) in [7, 11) is 5.12. The van der Waals surface area contributed by atoms with Crippen molar-refractivity contribution in [2.45, 2.75) is 27.3 Å². The van der Waals surface area contributed by atoms with E-state index in [-0.39, 0.29) is 19.1 Å². The summed E-state index contributed by atoms with van der Waals surface area (Å²) < 4.78 is 15.9. The number of carbonyl (C=O) groups excluding carboxylic acids is 2. The lowest BCUT2D eigenvalue weighted by Crippen LogP contribution is -3.08. The number of methoxy groups -OCH3 is 2. The number of anilines is 1. The van der Waals surface area contributed by atoms with E-state index in [1.165, 1.54) is 11.3 Å². The molecule has 0 saturated heterocycles. The van der Waals surface area contributed by atoms with Crippen LogP contribution in [-0.4, -0.2) is 46.3 Å². The van der Waals surface area contributed by atoms with Crippen LogP contribution in [0.1, 0.15) is 33.3 Å². The summed E-state index contributed by atoms with van der Waals surface area (Å²) in [5.41, 5.74) is 2.23. The second-order valence-electron chi connectivity index (χ2n) is 6.72. The Hall–Kier alpha value is -2.58. The maximum absolute atomic E-state index is 12.6. The summed E-state index contributed by atoms with van der Waals surface area (Å²) in [5.74, 6) is 0.748. The SMILES string of the molecule is CCOC(=O)c1c(NC(=O)C[NH+](C)Cc2cccc(OC)c2OC)sc(C)c1C. The fourth-order valence-electron chi connectivity index (χ4n) is 3.09. The first-order valence-electron chi connectivity index (χ1n) is 9.40. The smallest absolute Gasteiger partial charge is 0.341 e. The molecule has 0 aliphatic rings. The summed E-state index contributed by atoms with van der Waals surface area (Å²) >= 11 is 1.39. The van der Waals surface area contributed by atoms with Gasteiger partial charge in [-0.25, -0.2) is 4.79 Å². The number of nitrogens with one attached hydrogen (secondary N) is 2. The van der Waals surface area contributed by atoms with Crippen molar-refractivity contribution in [3.8, 4) is 11.5 Å². The minimum absolute atomic E-state index is 0.170. The molecule has 7 nitrogen and oxygen atoms in total. The maximum Gasteiger partial charge on any atom is 0.341 e. The third-order valence-electron chi connectivity index (χ3n) is 4.56. The van der Waals surface area contributed by atoms with E-state index >= 15 is 0 Å². The van der Waals surface area contributed by atoms with Crippen LogP contribution in [0.4, 0.5) is 5.00 Å². The summed E-state index contributed by atoms with van der Waals surface area (Å²) in [6, 6.07) is 5.68. The highest BCUT2D eigenvalue weighted by molar-refractivity contribution is 7.16. The van der Waals surface area contributed by atoms with Gasteiger partial charge in [-0.2, -0.15) is 0 Å². The van der Waals surface area contributed by atoms with E-state index in [9.17, 15) is 9.59 Å². The van der Waals surface area contributed by atoms with Crippen molar-refractivity contribution < 1.29 is 28.7 Å². The first-order valence-corrected chi connectivity index (χ1v) is 10.2. The van der Waals surface area contributed by atoms with Crippen molar-refractivity contribution in [2.24, 2.45) is 0 Å².